The third kappa shape index (κ3) is 2.80. The fourth-order valence-corrected chi connectivity index (χ4v) is 3.21. The van der Waals surface area contributed by atoms with Crippen LogP contribution < -0.4 is 0 Å². The molecule has 0 N–H and O–H groups in total. The van der Waals surface area contributed by atoms with Gasteiger partial charge >= 0.3 is 6.09 Å². The second-order valence-corrected chi connectivity index (χ2v) is 5.81. The van der Waals surface area contributed by atoms with E-state index in [9.17, 15) is 4.79 Å². The summed E-state index contributed by atoms with van der Waals surface area (Å²) in [5.74, 6) is 0. The Hall–Kier alpha value is -1.55. The highest BCUT2D eigenvalue weighted by Crippen LogP contribution is 2.24. The molecule has 3 aliphatic heterocycles. The summed E-state index contributed by atoms with van der Waals surface area (Å²) < 4.78 is 5.49. The number of hydrogen-bond acceptors (Lipinski definition) is 3. The molecule has 0 spiro atoms. The molecule has 1 aromatic rings. The van der Waals surface area contributed by atoms with Crippen molar-refractivity contribution < 1.29 is 9.53 Å². The van der Waals surface area contributed by atoms with Gasteiger partial charge in [-0.15, -0.1) is 0 Å². The maximum absolute atomic E-state index is 12.3. The van der Waals surface area contributed by atoms with Gasteiger partial charge in [0.1, 0.15) is 6.61 Å². The summed E-state index contributed by atoms with van der Waals surface area (Å²) in [4.78, 5) is 16.8. The average Bonchev–Trinajstić information content (AvgIpc) is 2.75. The minimum Gasteiger partial charge on any atom is -0.445 e. The molecule has 20 heavy (non-hydrogen) atoms. The molecule has 2 bridgehead atoms. The summed E-state index contributed by atoms with van der Waals surface area (Å²) in [6.07, 6.45) is 1.99. The van der Waals surface area contributed by atoms with E-state index in [-0.39, 0.29) is 6.09 Å². The van der Waals surface area contributed by atoms with Crippen molar-refractivity contribution >= 4 is 6.09 Å². The minimum atomic E-state index is -0.158. The summed E-state index contributed by atoms with van der Waals surface area (Å²) in [5, 5.41) is 0. The summed E-state index contributed by atoms with van der Waals surface area (Å²) in [6, 6.07) is 10.7. The van der Waals surface area contributed by atoms with E-state index in [1.54, 1.807) is 0 Å². The topological polar surface area (TPSA) is 32.8 Å². The summed E-state index contributed by atoms with van der Waals surface area (Å²) in [6.45, 7) is 5.56. The molecule has 4 rings (SSSR count). The molecule has 1 amide bonds. The molecule has 4 nitrogen and oxygen atoms in total. The monoisotopic (exact) mass is 274 g/mol. The molecule has 1 atom stereocenters. The largest absolute Gasteiger partial charge is 0.445 e. The van der Waals surface area contributed by atoms with Gasteiger partial charge in [-0.25, -0.2) is 4.79 Å². The number of amides is 1. The van der Waals surface area contributed by atoms with E-state index < -0.39 is 0 Å². The molecule has 108 valence electrons. The van der Waals surface area contributed by atoms with Crippen LogP contribution in [0.3, 0.4) is 0 Å². The summed E-state index contributed by atoms with van der Waals surface area (Å²) in [5.41, 5.74) is 1.04. The van der Waals surface area contributed by atoms with Gasteiger partial charge in [0.05, 0.1) is 0 Å². The number of benzene rings is 1. The van der Waals surface area contributed by atoms with Crippen LogP contribution in [0.5, 0.6) is 0 Å². The Bertz CT molecular complexity index is 455. The number of piperidine rings is 1. The molecule has 0 saturated carbocycles. The minimum absolute atomic E-state index is 0.158. The van der Waals surface area contributed by atoms with Crippen LogP contribution in [0.2, 0.25) is 0 Å². The lowest BCUT2D eigenvalue weighted by Crippen LogP contribution is -2.42. The van der Waals surface area contributed by atoms with Gasteiger partial charge < -0.3 is 9.64 Å². The fourth-order valence-electron chi connectivity index (χ4n) is 3.21. The maximum atomic E-state index is 12.3. The number of carbonyl (C=O) groups excluding carboxylic acids is 1. The van der Waals surface area contributed by atoms with Gasteiger partial charge in [0.2, 0.25) is 0 Å². The normalized spacial score (nSPS) is 29.1. The van der Waals surface area contributed by atoms with Crippen LogP contribution in [0.1, 0.15) is 25.3 Å². The van der Waals surface area contributed by atoms with Gasteiger partial charge in [0.15, 0.2) is 0 Å². The van der Waals surface area contributed by atoms with E-state index >= 15 is 0 Å². The Kier molecular flexibility index (Phi) is 3.92. The standard InChI is InChI=1S/C16H22N2O2/c1-13-11-18(15-7-9-17(13)10-8-15)16(19)20-12-14-5-3-2-4-6-14/h2-6,13,15H,7-12H2,1H3. The maximum Gasteiger partial charge on any atom is 0.410 e. The Morgan fingerprint density at radius 2 is 1.95 bits per heavy atom. The van der Waals surface area contributed by atoms with Crippen LogP contribution in [0, 0.1) is 0 Å². The number of nitrogens with zero attached hydrogens (tertiary/aromatic N) is 2. The Balaban J connectivity index is 1.61. The Morgan fingerprint density at radius 1 is 1.25 bits per heavy atom. The van der Waals surface area contributed by atoms with Crippen molar-refractivity contribution in [3.05, 3.63) is 35.9 Å². The molecule has 3 saturated heterocycles. The summed E-state index contributed by atoms with van der Waals surface area (Å²) >= 11 is 0. The van der Waals surface area contributed by atoms with Crippen LogP contribution in [0.15, 0.2) is 30.3 Å². The average molecular weight is 274 g/mol. The number of fused-ring (bicyclic) bond motifs is 4. The van der Waals surface area contributed by atoms with Gasteiger partial charge in [0, 0.05) is 31.7 Å². The van der Waals surface area contributed by atoms with Gasteiger partial charge in [0.25, 0.3) is 0 Å². The lowest BCUT2D eigenvalue weighted by Gasteiger charge is -2.31. The first kappa shape index (κ1) is 13.4. The van der Waals surface area contributed by atoms with Gasteiger partial charge in [-0.3, -0.25) is 4.90 Å². The highest BCUT2D eigenvalue weighted by molar-refractivity contribution is 5.68. The van der Waals surface area contributed by atoms with Crippen LogP contribution in [-0.4, -0.2) is 47.6 Å². The van der Waals surface area contributed by atoms with Gasteiger partial charge in [-0.05, 0) is 25.3 Å². The van der Waals surface area contributed by atoms with E-state index in [1.807, 2.05) is 35.2 Å². The van der Waals surface area contributed by atoms with E-state index in [2.05, 4.69) is 11.8 Å². The second kappa shape index (κ2) is 5.83. The first-order valence-corrected chi connectivity index (χ1v) is 7.45. The molecule has 1 unspecified atom stereocenters. The number of hydrogen-bond donors (Lipinski definition) is 0. The molecular weight excluding hydrogens is 252 g/mol. The van der Waals surface area contributed by atoms with Crippen molar-refractivity contribution in [1.29, 1.82) is 0 Å². The van der Waals surface area contributed by atoms with Crippen molar-refractivity contribution in [3.63, 3.8) is 0 Å². The lowest BCUT2D eigenvalue weighted by molar-refractivity contribution is 0.0805. The zero-order valence-corrected chi connectivity index (χ0v) is 12.0. The molecule has 0 aliphatic carbocycles. The molecule has 3 fully saturated rings. The molecule has 1 aromatic carbocycles. The van der Waals surface area contributed by atoms with E-state index in [0.29, 0.717) is 18.7 Å². The molecule has 4 heteroatoms. The van der Waals surface area contributed by atoms with Crippen molar-refractivity contribution in [2.45, 2.75) is 38.5 Å². The third-order valence-corrected chi connectivity index (χ3v) is 4.46. The zero-order valence-electron chi connectivity index (χ0n) is 12.0. The van der Waals surface area contributed by atoms with Crippen LogP contribution in [0.25, 0.3) is 0 Å². The molecule has 3 heterocycles. The van der Waals surface area contributed by atoms with Crippen LogP contribution in [-0.2, 0) is 11.3 Å². The quantitative estimate of drug-likeness (QED) is 0.830. The predicted octanol–water partition coefficient (Wildman–Crippen LogP) is 2.49. The highest BCUT2D eigenvalue weighted by atomic mass is 16.6. The smallest absolute Gasteiger partial charge is 0.410 e. The molecule has 3 aliphatic rings. The lowest BCUT2D eigenvalue weighted by atomic mass is 10.1. The molecule has 0 aromatic heterocycles. The first-order valence-electron chi connectivity index (χ1n) is 7.45. The second-order valence-electron chi connectivity index (χ2n) is 5.81. The van der Waals surface area contributed by atoms with Crippen LogP contribution in [0.4, 0.5) is 4.79 Å². The molecular formula is C16H22N2O2. The van der Waals surface area contributed by atoms with E-state index in [0.717, 1.165) is 38.0 Å². The SMILES string of the molecule is CC1CN(C(=O)OCc2ccccc2)C2CCN1CC2. The van der Waals surface area contributed by atoms with Crippen LogP contribution >= 0.6 is 0 Å². The number of carbonyl (C=O) groups is 1. The van der Waals surface area contributed by atoms with E-state index in [1.165, 1.54) is 0 Å². The summed E-state index contributed by atoms with van der Waals surface area (Å²) in [7, 11) is 0. The van der Waals surface area contributed by atoms with Crippen molar-refractivity contribution in [3.8, 4) is 0 Å². The Labute approximate surface area is 120 Å². The highest BCUT2D eigenvalue weighted by Gasteiger charge is 2.36. The predicted molar refractivity (Wildman–Crippen MR) is 77.4 cm³/mol. The third-order valence-electron chi connectivity index (χ3n) is 4.46. The Morgan fingerprint density at radius 3 is 2.65 bits per heavy atom. The zero-order chi connectivity index (χ0) is 13.9. The van der Waals surface area contributed by atoms with E-state index in [4.69, 9.17) is 4.74 Å². The first-order chi connectivity index (χ1) is 9.74. The number of ether oxygens (including phenoxy) is 1. The fraction of sp³-hybridized carbons (Fsp3) is 0.562. The van der Waals surface area contributed by atoms with Gasteiger partial charge in [-0.2, -0.15) is 0 Å². The molecule has 0 radical (unpaired) electrons. The van der Waals surface area contributed by atoms with Crippen molar-refractivity contribution in [2.24, 2.45) is 0 Å². The number of rotatable bonds is 2. The van der Waals surface area contributed by atoms with Gasteiger partial charge in [-0.1, -0.05) is 30.3 Å². The van der Waals surface area contributed by atoms with Crippen molar-refractivity contribution in [1.82, 2.24) is 9.80 Å². The van der Waals surface area contributed by atoms with Crippen molar-refractivity contribution in [2.75, 3.05) is 19.6 Å².